The average Bonchev–Trinajstić information content (AvgIpc) is 2.45. The van der Waals surface area contributed by atoms with Crippen LogP contribution >= 0.6 is 0 Å². The number of nitrogens with zero attached hydrogens (tertiary/aromatic N) is 1. The highest BCUT2D eigenvalue weighted by molar-refractivity contribution is 5.91. The number of benzene rings is 1. The van der Waals surface area contributed by atoms with E-state index >= 15 is 0 Å². The standard InChI is InChI=1S/C16H14N2O3/c19-9-3-6-13-5-2-8-15(17-13)18-16(21)11-12-4-1-7-14(20)10-12/h1-2,4-5,7-8,10,19-20H,9,11H2,(H,17,18,21). The van der Waals surface area contributed by atoms with Crippen molar-refractivity contribution in [3.63, 3.8) is 0 Å². The Kier molecular flexibility index (Phi) is 4.91. The number of amides is 1. The summed E-state index contributed by atoms with van der Waals surface area (Å²) in [5.41, 5.74) is 1.18. The van der Waals surface area contributed by atoms with Crippen LogP contribution in [-0.4, -0.2) is 27.7 Å². The zero-order valence-electron chi connectivity index (χ0n) is 11.2. The molecule has 1 aromatic heterocycles. The van der Waals surface area contributed by atoms with Gasteiger partial charge in [0.1, 0.15) is 23.9 Å². The Bertz CT molecular complexity index is 702. The van der Waals surface area contributed by atoms with Crippen molar-refractivity contribution < 1.29 is 15.0 Å². The second kappa shape index (κ2) is 7.08. The zero-order chi connectivity index (χ0) is 15.1. The molecule has 0 atom stereocenters. The van der Waals surface area contributed by atoms with Crippen LogP contribution in [-0.2, 0) is 11.2 Å². The lowest BCUT2D eigenvalue weighted by Crippen LogP contribution is -2.15. The molecule has 0 saturated carbocycles. The Morgan fingerprint density at radius 2 is 2.05 bits per heavy atom. The Labute approximate surface area is 122 Å². The van der Waals surface area contributed by atoms with Crippen molar-refractivity contribution >= 4 is 11.7 Å². The second-order valence-electron chi connectivity index (χ2n) is 4.26. The second-order valence-corrected chi connectivity index (χ2v) is 4.26. The van der Waals surface area contributed by atoms with Crippen LogP contribution in [0.2, 0.25) is 0 Å². The minimum absolute atomic E-state index is 0.125. The molecule has 3 N–H and O–H groups in total. The first kappa shape index (κ1) is 14.6. The molecule has 2 aromatic rings. The van der Waals surface area contributed by atoms with Crippen molar-refractivity contribution in [2.24, 2.45) is 0 Å². The van der Waals surface area contributed by atoms with E-state index in [2.05, 4.69) is 22.1 Å². The van der Waals surface area contributed by atoms with Crippen molar-refractivity contribution in [2.75, 3.05) is 11.9 Å². The molecule has 2 rings (SSSR count). The fourth-order valence-corrected chi connectivity index (χ4v) is 1.74. The lowest BCUT2D eigenvalue weighted by molar-refractivity contribution is -0.115. The van der Waals surface area contributed by atoms with E-state index in [1.54, 1.807) is 36.4 Å². The summed E-state index contributed by atoms with van der Waals surface area (Å²) in [6.07, 6.45) is 0.141. The Hall–Kier alpha value is -2.84. The smallest absolute Gasteiger partial charge is 0.229 e. The maximum absolute atomic E-state index is 11.9. The SMILES string of the molecule is O=C(Cc1cccc(O)c1)Nc1cccc(C#CCO)n1. The third kappa shape index (κ3) is 4.64. The molecule has 1 aromatic carbocycles. The van der Waals surface area contributed by atoms with Gasteiger partial charge in [-0.3, -0.25) is 4.79 Å². The van der Waals surface area contributed by atoms with Gasteiger partial charge in [-0.25, -0.2) is 4.98 Å². The van der Waals surface area contributed by atoms with Gasteiger partial charge in [-0.05, 0) is 35.7 Å². The van der Waals surface area contributed by atoms with E-state index in [-0.39, 0.29) is 24.7 Å². The van der Waals surface area contributed by atoms with Crippen molar-refractivity contribution in [1.82, 2.24) is 4.98 Å². The molecular weight excluding hydrogens is 268 g/mol. The van der Waals surface area contributed by atoms with Gasteiger partial charge < -0.3 is 15.5 Å². The normalized spacial score (nSPS) is 9.57. The average molecular weight is 282 g/mol. The van der Waals surface area contributed by atoms with Gasteiger partial charge in [0.15, 0.2) is 0 Å². The van der Waals surface area contributed by atoms with Crippen LogP contribution in [0.15, 0.2) is 42.5 Å². The summed E-state index contributed by atoms with van der Waals surface area (Å²) in [5.74, 6) is 5.45. The topological polar surface area (TPSA) is 82.5 Å². The number of aromatic nitrogens is 1. The van der Waals surface area contributed by atoms with Crippen LogP contribution in [0.3, 0.4) is 0 Å². The summed E-state index contributed by atoms with van der Waals surface area (Å²) in [6, 6.07) is 11.6. The van der Waals surface area contributed by atoms with E-state index in [0.717, 1.165) is 0 Å². The Morgan fingerprint density at radius 3 is 2.81 bits per heavy atom. The minimum Gasteiger partial charge on any atom is -0.508 e. The highest BCUT2D eigenvalue weighted by Gasteiger charge is 2.05. The summed E-state index contributed by atoms with van der Waals surface area (Å²) in [7, 11) is 0. The molecule has 1 heterocycles. The molecule has 0 radical (unpaired) electrons. The number of phenols is 1. The molecule has 0 aliphatic rings. The first-order valence-electron chi connectivity index (χ1n) is 6.32. The van der Waals surface area contributed by atoms with E-state index in [0.29, 0.717) is 17.1 Å². The molecule has 0 unspecified atom stereocenters. The van der Waals surface area contributed by atoms with E-state index < -0.39 is 0 Å². The predicted octanol–water partition coefficient (Wildman–Crippen LogP) is 1.31. The van der Waals surface area contributed by atoms with Crippen molar-refractivity contribution in [3.8, 4) is 17.6 Å². The van der Waals surface area contributed by atoms with E-state index in [1.165, 1.54) is 6.07 Å². The number of aromatic hydroxyl groups is 1. The number of aliphatic hydroxyl groups excluding tert-OH is 1. The van der Waals surface area contributed by atoms with Crippen LogP contribution in [0, 0.1) is 11.8 Å². The number of nitrogens with one attached hydrogen (secondary N) is 1. The Balaban J connectivity index is 2.02. The number of carbonyl (C=O) groups excluding carboxylic acids is 1. The molecule has 0 aliphatic carbocycles. The van der Waals surface area contributed by atoms with Crippen LogP contribution in [0.4, 0.5) is 5.82 Å². The molecular formula is C16H14N2O3. The van der Waals surface area contributed by atoms with Crippen LogP contribution < -0.4 is 5.32 Å². The van der Waals surface area contributed by atoms with E-state index in [1.807, 2.05) is 0 Å². The quantitative estimate of drug-likeness (QED) is 0.741. The van der Waals surface area contributed by atoms with Crippen molar-refractivity contribution in [3.05, 3.63) is 53.7 Å². The number of carbonyl (C=O) groups is 1. The van der Waals surface area contributed by atoms with Crippen molar-refractivity contribution in [1.29, 1.82) is 0 Å². The third-order valence-electron chi connectivity index (χ3n) is 2.59. The third-order valence-corrected chi connectivity index (χ3v) is 2.59. The van der Waals surface area contributed by atoms with Gasteiger partial charge in [0.05, 0.1) is 6.42 Å². The highest BCUT2D eigenvalue weighted by atomic mass is 16.3. The number of hydrogen-bond donors (Lipinski definition) is 3. The number of rotatable bonds is 3. The van der Waals surface area contributed by atoms with Gasteiger partial charge >= 0.3 is 0 Å². The minimum atomic E-state index is -0.240. The van der Waals surface area contributed by atoms with Gasteiger partial charge in [0.2, 0.25) is 5.91 Å². The lowest BCUT2D eigenvalue weighted by atomic mass is 10.1. The summed E-state index contributed by atoms with van der Waals surface area (Å²) in [5, 5.41) is 20.7. The maximum Gasteiger partial charge on any atom is 0.229 e. The zero-order valence-corrected chi connectivity index (χ0v) is 11.2. The first-order chi connectivity index (χ1) is 10.2. The van der Waals surface area contributed by atoms with Crippen molar-refractivity contribution in [2.45, 2.75) is 6.42 Å². The van der Waals surface area contributed by atoms with Crippen LogP contribution in [0.5, 0.6) is 5.75 Å². The lowest BCUT2D eigenvalue weighted by Gasteiger charge is -2.05. The molecule has 0 aliphatic heterocycles. The van der Waals surface area contributed by atoms with E-state index in [9.17, 15) is 9.90 Å². The number of anilines is 1. The summed E-state index contributed by atoms with van der Waals surface area (Å²) in [4.78, 5) is 16.1. The van der Waals surface area contributed by atoms with Gasteiger partial charge in [-0.15, -0.1) is 0 Å². The highest BCUT2D eigenvalue weighted by Crippen LogP contribution is 2.12. The molecule has 0 saturated heterocycles. The fourth-order valence-electron chi connectivity index (χ4n) is 1.74. The number of pyridine rings is 1. The van der Waals surface area contributed by atoms with Gasteiger partial charge in [-0.1, -0.05) is 24.1 Å². The van der Waals surface area contributed by atoms with Gasteiger partial charge in [0, 0.05) is 0 Å². The van der Waals surface area contributed by atoms with Crippen LogP contribution in [0.25, 0.3) is 0 Å². The first-order valence-corrected chi connectivity index (χ1v) is 6.32. The number of phenolic OH excluding ortho intramolecular Hbond substituents is 1. The number of aliphatic hydroxyl groups is 1. The largest absolute Gasteiger partial charge is 0.508 e. The molecule has 0 spiro atoms. The van der Waals surface area contributed by atoms with Gasteiger partial charge in [-0.2, -0.15) is 0 Å². The fraction of sp³-hybridized carbons (Fsp3) is 0.125. The molecule has 0 fully saturated rings. The molecule has 5 nitrogen and oxygen atoms in total. The summed E-state index contributed by atoms with van der Waals surface area (Å²) < 4.78 is 0. The monoisotopic (exact) mass is 282 g/mol. The maximum atomic E-state index is 11.9. The predicted molar refractivity (Wildman–Crippen MR) is 78.6 cm³/mol. The van der Waals surface area contributed by atoms with Crippen LogP contribution in [0.1, 0.15) is 11.3 Å². The Morgan fingerprint density at radius 1 is 1.24 bits per heavy atom. The van der Waals surface area contributed by atoms with E-state index in [4.69, 9.17) is 5.11 Å². The molecule has 106 valence electrons. The molecule has 1 amide bonds. The van der Waals surface area contributed by atoms with Gasteiger partial charge in [0.25, 0.3) is 0 Å². The molecule has 21 heavy (non-hydrogen) atoms. The molecule has 5 heteroatoms. The number of hydrogen-bond acceptors (Lipinski definition) is 4. The summed E-state index contributed by atoms with van der Waals surface area (Å²) >= 11 is 0. The molecule has 0 bridgehead atoms. The summed E-state index contributed by atoms with van der Waals surface area (Å²) in [6.45, 7) is -0.240.